The van der Waals surface area contributed by atoms with Gasteiger partial charge in [-0.2, -0.15) is 5.26 Å². The number of benzene rings is 1. The number of thiophene rings is 1. The van der Waals surface area contributed by atoms with E-state index in [1.165, 1.54) is 25.0 Å². The van der Waals surface area contributed by atoms with Crippen molar-refractivity contribution in [2.45, 2.75) is 58.9 Å². The quantitative estimate of drug-likeness (QED) is 0.366. The third kappa shape index (κ3) is 7.44. The van der Waals surface area contributed by atoms with E-state index in [2.05, 4.69) is 60.1 Å². The average molecular weight is 518 g/mol. The number of piperidine rings is 1. The van der Waals surface area contributed by atoms with Crippen LogP contribution in [0.3, 0.4) is 0 Å². The lowest BCUT2D eigenvalue weighted by atomic mass is 9.99. The Kier molecular flexibility index (Phi) is 9.91. The van der Waals surface area contributed by atoms with Gasteiger partial charge in [0.25, 0.3) is 5.91 Å². The first-order valence-corrected chi connectivity index (χ1v) is 13.8. The molecule has 1 N–H and O–H groups in total. The van der Waals surface area contributed by atoms with Crippen molar-refractivity contribution in [2.24, 2.45) is 0 Å². The van der Waals surface area contributed by atoms with Crippen LogP contribution in [0.4, 0.5) is 0 Å². The number of carbonyl (C=O) groups excluding carboxylic acids is 1. The molecule has 6 heteroatoms. The van der Waals surface area contributed by atoms with Gasteiger partial charge in [-0.3, -0.25) is 4.79 Å². The number of carbonyl (C=O) groups is 1. The molecule has 1 fully saturated rings. The van der Waals surface area contributed by atoms with E-state index in [1.54, 1.807) is 18.4 Å². The highest BCUT2D eigenvalue weighted by molar-refractivity contribution is 7.16. The molecule has 0 unspecified atom stereocenters. The highest BCUT2D eigenvalue weighted by Crippen LogP contribution is 2.32. The van der Waals surface area contributed by atoms with Gasteiger partial charge in [-0.25, -0.2) is 0 Å². The molecule has 1 aromatic heterocycles. The zero-order chi connectivity index (χ0) is 27.0. The molecule has 0 radical (unpaired) electrons. The van der Waals surface area contributed by atoms with Gasteiger partial charge in [0, 0.05) is 47.8 Å². The van der Waals surface area contributed by atoms with Crippen LogP contribution >= 0.6 is 11.3 Å². The summed E-state index contributed by atoms with van der Waals surface area (Å²) in [5.41, 5.74) is 2.68. The molecule has 1 amide bonds. The first kappa shape index (κ1) is 28.4. The topological polar surface area (TPSA) is 65.4 Å². The van der Waals surface area contributed by atoms with Crippen LogP contribution in [-0.2, 0) is 9.53 Å². The van der Waals surface area contributed by atoms with Crippen LogP contribution in [0.5, 0.6) is 0 Å². The normalized spacial score (nSPS) is 15.8. The second-order valence-corrected chi connectivity index (χ2v) is 11.3. The maximum atomic E-state index is 12.9. The van der Waals surface area contributed by atoms with Gasteiger partial charge in [-0.1, -0.05) is 24.8 Å². The van der Waals surface area contributed by atoms with Crippen LogP contribution in [0.2, 0.25) is 0 Å². The summed E-state index contributed by atoms with van der Waals surface area (Å²) >= 11 is 1.58. The molecule has 3 rings (SSSR count). The van der Waals surface area contributed by atoms with Crippen molar-refractivity contribution in [1.82, 2.24) is 10.2 Å². The van der Waals surface area contributed by atoms with Crippen molar-refractivity contribution in [3.05, 3.63) is 63.0 Å². The van der Waals surface area contributed by atoms with Crippen molar-refractivity contribution >= 4 is 35.5 Å². The van der Waals surface area contributed by atoms with E-state index in [0.29, 0.717) is 18.6 Å². The van der Waals surface area contributed by atoms with Crippen LogP contribution in [0.15, 0.2) is 47.7 Å². The molecular weight excluding hydrogens is 478 g/mol. The van der Waals surface area contributed by atoms with Gasteiger partial charge in [-0.05, 0) is 99.2 Å². The zero-order valence-corrected chi connectivity index (χ0v) is 23.6. The standard InChI is InChI=1S/C31H39N3O2S/c1-7-26(34-16-9-8-10-17-34)20-24-11-12-25(19-22(24)2)29-14-13-28(37-29)23(3)27(21-32)30(35)33-31(4,5)15-18-36-6/h7,11-14,19-20H,2,8-10,15-18H2,1,3-6H3,(H,33,35)/b24-20-,26-7?,27-23+. The van der Waals surface area contributed by atoms with Gasteiger partial charge in [0.05, 0.1) is 0 Å². The Labute approximate surface area is 225 Å². The molecule has 1 saturated heterocycles. The molecule has 0 aliphatic carbocycles. The fourth-order valence-electron chi connectivity index (χ4n) is 4.48. The van der Waals surface area contributed by atoms with Gasteiger partial charge in [-0.15, -0.1) is 11.3 Å². The fraction of sp³-hybridized carbons (Fsp3) is 0.419. The number of likely N-dealkylation sites (tertiary alicyclic amines) is 1. The maximum absolute atomic E-state index is 12.9. The van der Waals surface area contributed by atoms with Crippen LogP contribution < -0.4 is 15.8 Å². The van der Waals surface area contributed by atoms with Crippen molar-refractivity contribution in [2.75, 3.05) is 26.8 Å². The second kappa shape index (κ2) is 12.9. The Hall–Kier alpha value is -3.14. The summed E-state index contributed by atoms with van der Waals surface area (Å²) in [6.45, 7) is 14.9. The summed E-state index contributed by atoms with van der Waals surface area (Å²) in [7, 11) is 1.63. The molecular formula is C31H39N3O2S. The number of ether oxygens (including phenoxy) is 1. The minimum Gasteiger partial charge on any atom is -0.385 e. The van der Waals surface area contributed by atoms with Crippen molar-refractivity contribution in [1.29, 1.82) is 5.26 Å². The number of methoxy groups -OCH3 is 1. The molecule has 1 aromatic carbocycles. The Balaban J connectivity index is 1.83. The van der Waals surface area contributed by atoms with E-state index < -0.39 is 5.54 Å². The first-order valence-electron chi connectivity index (χ1n) is 12.9. The van der Waals surface area contributed by atoms with E-state index in [4.69, 9.17) is 4.74 Å². The minimum atomic E-state index is -0.472. The molecule has 0 spiro atoms. The monoisotopic (exact) mass is 517 g/mol. The van der Waals surface area contributed by atoms with Gasteiger partial charge in [0.15, 0.2) is 0 Å². The number of hydrogen-bond donors (Lipinski definition) is 1. The van der Waals surface area contributed by atoms with Crippen molar-refractivity contribution in [3.63, 3.8) is 0 Å². The number of allylic oxidation sites excluding steroid dienone is 3. The third-order valence-electron chi connectivity index (χ3n) is 6.82. The average Bonchev–Trinajstić information content (AvgIpc) is 3.38. The van der Waals surface area contributed by atoms with Gasteiger partial charge >= 0.3 is 0 Å². The number of nitrogens with one attached hydrogen (secondary N) is 1. The summed E-state index contributed by atoms with van der Waals surface area (Å²) < 4.78 is 5.14. The Morgan fingerprint density at radius 3 is 2.59 bits per heavy atom. The molecule has 2 heterocycles. The fourth-order valence-corrected chi connectivity index (χ4v) is 5.49. The lowest BCUT2D eigenvalue weighted by molar-refractivity contribution is -0.118. The summed E-state index contributed by atoms with van der Waals surface area (Å²) in [4.78, 5) is 17.3. The van der Waals surface area contributed by atoms with Crippen molar-refractivity contribution in [3.8, 4) is 16.5 Å². The molecule has 5 nitrogen and oxygen atoms in total. The highest BCUT2D eigenvalue weighted by atomic mass is 32.1. The molecule has 1 aliphatic rings. The Morgan fingerprint density at radius 2 is 1.97 bits per heavy atom. The van der Waals surface area contributed by atoms with E-state index in [0.717, 1.165) is 38.8 Å². The number of amides is 1. The number of hydrogen-bond acceptors (Lipinski definition) is 5. The Morgan fingerprint density at radius 1 is 1.24 bits per heavy atom. The van der Waals surface area contributed by atoms with Crippen LogP contribution in [0.25, 0.3) is 28.7 Å². The predicted molar refractivity (Wildman–Crippen MR) is 155 cm³/mol. The van der Waals surface area contributed by atoms with Crippen molar-refractivity contribution < 1.29 is 9.53 Å². The summed E-state index contributed by atoms with van der Waals surface area (Å²) in [6, 6.07) is 12.5. The lowest BCUT2D eigenvalue weighted by Gasteiger charge is -2.29. The van der Waals surface area contributed by atoms with Gasteiger partial charge in [0.1, 0.15) is 11.6 Å². The summed E-state index contributed by atoms with van der Waals surface area (Å²) in [5.74, 6) is -0.357. The molecule has 37 heavy (non-hydrogen) atoms. The molecule has 1 aliphatic heterocycles. The minimum absolute atomic E-state index is 0.137. The highest BCUT2D eigenvalue weighted by Gasteiger charge is 2.24. The molecule has 0 bridgehead atoms. The molecule has 0 saturated carbocycles. The summed E-state index contributed by atoms with van der Waals surface area (Å²) in [6.07, 6.45) is 8.88. The van der Waals surface area contributed by atoms with Crippen LogP contribution in [0, 0.1) is 11.3 Å². The van der Waals surface area contributed by atoms with Crippen LogP contribution in [-0.4, -0.2) is 43.2 Å². The SMILES string of the molecule is C=c1cc(-c2ccc(/C(C)=C(\C#N)C(=O)NC(C)(C)CCOC)s2)cc/c1=C/C(=CC)N1CCCCC1. The third-order valence-corrected chi connectivity index (χ3v) is 8.07. The van der Waals surface area contributed by atoms with E-state index in [9.17, 15) is 10.1 Å². The van der Waals surface area contributed by atoms with E-state index in [1.807, 2.05) is 32.9 Å². The number of nitriles is 1. The predicted octanol–water partition coefficient (Wildman–Crippen LogP) is 5.22. The smallest absolute Gasteiger partial charge is 0.262 e. The second-order valence-electron chi connectivity index (χ2n) is 10.2. The van der Waals surface area contributed by atoms with E-state index >= 15 is 0 Å². The molecule has 2 aromatic rings. The van der Waals surface area contributed by atoms with Crippen LogP contribution in [0.1, 0.15) is 58.3 Å². The van der Waals surface area contributed by atoms with Gasteiger partial charge in [0.2, 0.25) is 0 Å². The Bertz CT molecular complexity index is 1320. The summed E-state index contributed by atoms with van der Waals surface area (Å²) in [5, 5.41) is 14.8. The van der Waals surface area contributed by atoms with E-state index in [-0.39, 0.29) is 11.5 Å². The van der Waals surface area contributed by atoms with Gasteiger partial charge < -0.3 is 15.0 Å². The zero-order valence-electron chi connectivity index (χ0n) is 22.8. The number of rotatable bonds is 9. The number of nitrogens with zero attached hydrogens (tertiary/aromatic N) is 2. The molecule has 196 valence electrons. The lowest BCUT2D eigenvalue weighted by Crippen LogP contribution is -2.44. The maximum Gasteiger partial charge on any atom is 0.262 e. The first-order chi connectivity index (χ1) is 17.7. The largest absolute Gasteiger partial charge is 0.385 e. The molecule has 0 atom stereocenters.